The smallest absolute Gasteiger partial charge is 0.0446 e. The topological polar surface area (TPSA) is 12.0 Å². The Morgan fingerprint density at radius 2 is 2.07 bits per heavy atom. The fraction of sp³-hybridized carbons (Fsp3) is 0.500. The monoisotopic (exact) mass is 243 g/mol. The molecule has 0 aliphatic carbocycles. The van der Waals surface area contributed by atoms with E-state index in [2.05, 4.69) is 31.6 Å². The van der Waals surface area contributed by atoms with Crippen molar-refractivity contribution in [3.63, 3.8) is 0 Å². The molecule has 0 bridgehead atoms. The average Bonchev–Trinajstić information content (AvgIpc) is 2.20. The largest absolute Gasteiger partial charge is 0.254 e. The molecule has 1 rings (SSSR count). The SMILES string of the molecule is CCC(C)(C)NSc1ccc(C)c(Cl)c1. The van der Waals surface area contributed by atoms with E-state index in [0.29, 0.717) is 0 Å². The second-order valence-corrected chi connectivity index (χ2v) is 5.64. The first-order chi connectivity index (χ1) is 6.94. The van der Waals surface area contributed by atoms with Gasteiger partial charge in [-0.25, -0.2) is 0 Å². The Hall–Kier alpha value is -0.180. The first-order valence-corrected chi connectivity index (χ1v) is 6.34. The molecule has 0 aliphatic rings. The third-order valence-electron chi connectivity index (χ3n) is 2.47. The van der Waals surface area contributed by atoms with E-state index in [1.165, 1.54) is 0 Å². The molecular weight excluding hydrogens is 226 g/mol. The maximum absolute atomic E-state index is 6.06. The molecule has 0 aliphatic heterocycles. The number of rotatable bonds is 4. The lowest BCUT2D eigenvalue weighted by atomic mass is 10.0. The lowest BCUT2D eigenvalue weighted by Gasteiger charge is -2.23. The summed E-state index contributed by atoms with van der Waals surface area (Å²) in [4.78, 5) is 1.16. The van der Waals surface area contributed by atoms with Crippen LogP contribution in [-0.4, -0.2) is 5.54 Å². The number of benzene rings is 1. The van der Waals surface area contributed by atoms with Crippen LogP contribution in [0.4, 0.5) is 0 Å². The molecule has 1 aromatic carbocycles. The van der Waals surface area contributed by atoms with Gasteiger partial charge in [0.05, 0.1) is 0 Å². The van der Waals surface area contributed by atoms with Crippen LogP contribution in [0.1, 0.15) is 32.8 Å². The van der Waals surface area contributed by atoms with E-state index in [4.69, 9.17) is 11.6 Å². The summed E-state index contributed by atoms with van der Waals surface area (Å²) in [7, 11) is 0. The van der Waals surface area contributed by atoms with Gasteiger partial charge in [0.1, 0.15) is 0 Å². The van der Waals surface area contributed by atoms with Crippen LogP contribution in [0.25, 0.3) is 0 Å². The average molecular weight is 244 g/mol. The third-order valence-corrected chi connectivity index (χ3v) is 4.02. The minimum atomic E-state index is 0.155. The van der Waals surface area contributed by atoms with E-state index in [9.17, 15) is 0 Å². The molecule has 15 heavy (non-hydrogen) atoms. The van der Waals surface area contributed by atoms with Gasteiger partial charge in [0.2, 0.25) is 0 Å². The maximum Gasteiger partial charge on any atom is 0.0446 e. The van der Waals surface area contributed by atoms with Gasteiger partial charge in [-0.1, -0.05) is 24.6 Å². The Labute approximate surface area is 102 Å². The summed E-state index contributed by atoms with van der Waals surface area (Å²) >= 11 is 7.70. The molecule has 1 nitrogen and oxygen atoms in total. The van der Waals surface area contributed by atoms with Gasteiger partial charge in [-0.3, -0.25) is 4.72 Å². The van der Waals surface area contributed by atoms with Gasteiger partial charge >= 0.3 is 0 Å². The van der Waals surface area contributed by atoms with Crippen LogP contribution in [0.15, 0.2) is 23.1 Å². The molecule has 0 radical (unpaired) electrons. The Balaban J connectivity index is 2.62. The van der Waals surface area contributed by atoms with Crippen LogP contribution in [-0.2, 0) is 0 Å². The summed E-state index contributed by atoms with van der Waals surface area (Å²) < 4.78 is 3.43. The molecule has 3 heteroatoms. The first kappa shape index (κ1) is 12.9. The molecule has 0 aromatic heterocycles. The molecule has 0 fully saturated rings. The van der Waals surface area contributed by atoms with Crippen molar-refractivity contribution in [2.75, 3.05) is 0 Å². The molecule has 84 valence electrons. The van der Waals surface area contributed by atoms with Crippen molar-refractivity contribution in [2.45, 2.75) is 44.6 Å². The number of hydrogen-bond acceptors (Lipinski definition) is 2. The van der Waals surface area contributed by atoms with Gasteiger partial charge in [-0.05, 0) is 56.8 Å². The quantitative estimate of drug-likeness (QED) is 0.785. The molecule has 0 amide bonds. The maximum atomic E-state index is 6.06. The second kappa shape index (κ2) is 5.24. The molecule has 1 N–H and O–H groups in total. The zero-order valence-electron chi connectivity index (χ0n) is 9.73. The highest BCUT2D eigenvalue weighted by Gasteiger charge is 2.14. The van der Waals surface area contributed by atoms with Crippen LogP contribution < -0.4 is 4.72 Å². The molecule has 0 saturated carbocycles. The fourth-order valence-corrected chi connectivity index (χ4v) is 2.00. The lowest BCUT2D eigenvalue weighted by Crippen LogP contribution is -2.33. The van der Waals surface area contributed by atoms with E-state index in [1.807, 2.05) is 19.1 Å². The molecule has 0 unspecified atom stereocenters. The minimum absolute atomic E-state index is 0.155. The van der Waals surface area contributed by atoms with E-state index < -0.39 is 0 Å². The zero-order valence-corrected chi connectivity index (χ0v) is 11.3. The fourth-order valence-electron chi connectivity index (χ4n) is 0.906. The van der Waals surface area contributed by atoms with E-state index in [1.54, 1.807) is 11.9 Å². The number of halogens is 1. The second-order valence-electron chi connectivity index (χ2n) is 4.35. The van der Waals surface area contributed by atoms with Crippen molar-refractivity contribution >= 4 is 23.5 Å². The highest BCUT2D eigenvalue weighted by Crippen LogP contribution is 2.25. The zero-order chi connectivity index (χ0) is 11.5. The summed E-state index contributed by atoms with van der Waals surface area (Å²) in [5.74, 6) is 0. The van der Waals surface area contributed by atoms with Crippen molar-refractivity contribution in [2.24, 2.45) is 0 Å². The summed E-state index contributed by atoms with van der Waals surface area (Å²) in [6, 6.07) is 6.14. The van der Waals surface area contributed by atoms with Crippen LogP contribution in [0.5, 0.6) is 0 Å². The first-order valence-electron chi connectivity index (χ1n) is 5.15. The standard InChI is InChI=1S/C12H18ClNS/c1-5-12(3,4)14-15-10-7-6-9(2)11(13)8-10/h6-8,14H,5H2,1-4H3. The summed E-state index contributed by atoms with van der Waals surface area (Å²) in [5, 5.41) is 0.830. The van der Waals surface area contributed by atoms with Gasteiger partial charge in [-0.2, -0.15) is 0 Å². The van der Waals surface area contributed by atoms with E-state index in [-0.39, 0.29) is 5.54 Å². The highest BCUT2D eigenvalue weighted by atomic mass is 35.5. The van der Waals surface area contributed by atoms with Gasteiger partial charge in [0.15, 0.2) is 0 Å². The summed E-state index contributed by atoms with van der Waals surface area (Å²) in [6.07, 6.45) is 1.10. The summed E-state index contributed by atoms with van der Waals surface area (Å²) in [6.45, 7) is 8.57. The van der Waals surface area contributed by atoms with Gasteiger partial charge in [0.25, 0.3) is 0 Å². The molecule has 0 spiro atoms. The van der Waals surface area contributed by atoms with Crippen molar-refractivity contribution < 1.29 is 0 Å². The number of aryl methyl sites for hydroxylation is 1. The van der Waals surface area contributed by atoms with Crippen molar-refractivity contribution in [3.05, 3.63) is 28.8 Å². The molecule has 1 aromatic rings. The predicted octanol–water partition coefficient (Wildman–Crippen LogP) is 4.43. The normalized spacial score (nSPS) is 11.8. The van der Waals surface area contributed by atoms with Crippen molar-refractivity contribution in [3.8, 4) is 0 Å². The number of nitrogens with one attached hydrogen (secondary N) is 1. The van der Waals surface area contributed by atoms with Crippen molar-refractivity contribution in [1.82, 2.24) is 4.72 Å². The third kappa shape index (κ3) is 4.06. The van der Waals surface area contributed by atoms with E-state index >= 15 is 0 Å². The summed E-state index contributed by atoms with van der Waals surface area (Å²) in [5.41, 5.74) is 1.28. The van der Waals surface area contributed by atoms with Crippen LogP contribution >= 0.6 is 23.5 Å². The van der Waals surface area contributed by atoms with E-state index in [0.717, 1.165) is 21.9 Å². The molecule has 0 heterocycles. The molecular formula is C12H18ClNS. The van der Waals surface area contributed by atoms with Gasteiger partial charge in [-0.15, -0.1) is 0 Å². The molecule has 0 atom stereocenters. The van der Waals surface area contributed by atoms with Crippen LogP contribution in [0.3, 0.4) is 0 Å². The van der Waals surface area contributed by atoms with Crippen LogP contribution in [0, 0.1) is 6.92 Å². The Morgan fingerprint density at radius 3 is 2.60 bits per heavy atom. The predicted molar refractivity (Wildman–Crippen MR) is 69.6 cm³/mol. The number of hydrogen-bond donors (Lipinski definition) is 1. The Kier molecular flexibility index (Phi) is 4.50. The molecule has 0 saturated heterocycles. The Morgan fingerprint density at radius 1 is 1.40 bits per heavy atom. The minimum Gasteiger partial charge on any atom is -0.254 e. The van der Waals surface area contributed by atoms with Crippen molar-refractivity contribution in [1.29, 1.82) is 0 Å². The highest BCUT2D eigenvalue weighted by molar-refractivity contribution is 7.97. The van der Waals surface area contributed by atoms with Gasteiger partial charge in [0, 0.05) is 15.5 Å². The lowest BCUT2D eigenvalue weighted by molar-refractivity contribution is 0.464. The Bertz CT molecular complexity index is 336. The van der Waals surface area contributed by atoms with Gasteiger partial charge < -0.3 is 0 Å². The van der Waals surface area contributed by atoms with Crippen LogP contribution in [0.2, 0.25) is 5.02 Å².